The summed E-state index contributed by atoms with van der Waals surface area (Å²) in [5, 5.41) is 5.11. The van der Waals surface area contributed by atoms with Crippen molar-refractivity contribution in [3.8, 4) is 0 Å². The Kier molecular flexibility index (Phi) is 2.81. The van der Waals surface area contributed by atoms with E-state index in [2.05, 4.69) is 0 Å². The molecule has 0 bridgehead atoms. The molecule has 1 heterocycles. The Morgan fingerprint density at radius 1 is 2.00 bits per heavy atom. The molecule has 5 heteroatoms. The van der Waals surface area contributed by atoms with Gasteiger partial charge in [0.05, 0.1) is 0 Å². The molecule has 1 atom stereocenters. The van der Waals surface area contributed by atoms with Gasteiger partial charge in [-0.25, -0.2) is 0 Å². The summed E-state index contributed by atoms with van der Waals surface area (Å²) in [4.78, 5) is 0. The summed E-state index contributed by atoms with van der Waals surface area (Å²) < 4.78 is 7.37. The quantitative estimate of drug-likeness (QED) is 0.242. The van der Waals surface area contributed by atoms with E-state index in [1.165, 1.54) is 4.43 Å². The molecule has 8 heavy (non-hydrogen) atoms. The van der Waals surface area contributed by atoms with Gasteiger partial charge in [-0.2, -0.15) is 0 Å². The maximum absolute atomic E-state index is 5.13. The average molecular weight is 262 g/mol. The van der Waals surface area contributed by atoms with Crippen LogP contribution in [0.4, 0.5) is 0 Å². The van der Waals surface area contributed by atoms with Gasteiger partial charge in [0.25, 0.3) is 0 Å². The molecule has 0 aliphatic carbocycles. The van der Waals surface area contributed by atoms with Crippen LogP contribution in [-0.4, -0.2) is 12.9 Å². The molecule has 0 spiro atoms. The van der Waals surface area contributed by atoms with Gasteiger partial charge in [-0.3, -0.25) is 0 Å². The second kappa shape index (κ2) is 3.19. The normalized spacial score (nSPS) is 25.9. The van der Waals surface area contributed by atoms with Crippen LogP contribution in [0.15, 0.2) is 0 Å². The van der Waals surface area contributed by atoms with Crippen molar-refractivity contribution in [3.63, 3.8) is 0 Å². The van der Waals surface area contributed by atoms with Crippen molar-refractivity contribution in [2.24, 2.45) is 5.14 Å². The first-order valence-corrected chi connectivity index (χ1v) is 6.04. The fourth-order valence-corrected chi connectivity index (χ4v) is 1.69. The Morgan fingerprint density at radius 3 is 3.00 bits per heavy atom. The fraction of sp³-hybridized carbons (Fsp3) is 0.667. The summed E-state index contributed by atoms with van der Waals surface area (Å²) in [7, 11) is 0. The van der Waals surface area contributed by atoms with Crippen molar-refractivity contribution < 1.29 is 25.9 Å². The van der Waals surface area contributed by atoms with Crippen LogP contribution in [0.3, 0.4) is 0 Å². The van der Waals surface area contributed by atoms with Crippen molar-refractivity contribution in [1.82, 2.24) is 0 Å². The third kappa shape index (κ3) is 2.47. The number of thiocarbonyl (C=S) groups is 1. The first kappa shape index (κ1) is 7.04. The van der Waals surface area contributed by atoms with Crippen molar-refractivity contribution in [3.05, 3.63) is 0 Å². The van der Waals surface area contributed by atoms with E-state index in [0.717, 1.165) is 11.9 Å². The van der Waals surface area contributed by atoms with E-state index in [9.17, 15) is 0 Å². The molecule has 1 aliphatic rings. The van der Waals surface area contributed by atoms with Crippen LogP contribution in [0.5, 0.6) is 0 Å². The molecule has 2 nitrogen and oxygen atoms in total. The zero-order valence-electron chi connectivity index (χ0n) is 3.96. The molecule has 48 valence electrons. The topological polar surface area (TPSA) is 35.2 Å². The van der Waals surface area contributed by atoms with Crippen LogP contribution in [0.25, 0.3) is 0 Å². The Labute approximate surface area is 67.9 Å². The van der Waals surface area contributed by atoms with Crippen LogP contribution in [0.1, 0.15) is 0 Å². The summed E-state index contributed by atoms with van der Waals surface area (Å²) in [6.07, 6.45) is 0. The molecular weight excluding hydrogens is 257 g/mol. The molecule has 0 aromatic carbocycles. The van der Waals surface area contributed by atoms with Crippen LogP contribution in [-0.2, 0) is 4.74 Å². The van der Waals surface area contributed by atoms with E-state index >= 15 is 0 Å². The zero-order chi connectivity index (χ0) is 5.98. The van der Waals surface area contributed by atoms with Crippen molar-refractivity contribution in [2.75, 3.05) is 4.43 Å². The fourth-order valence-electron chi connectivity index (χ4n) is 0.232. The molecule has 0 amide bonds. The first-order valence-electron chi connectivity index (χ1n) is 1.98. The monoisotopic (exact) mass is 262 g/mol. The van der Waals surface area contributed by atoms with Crippen LogP contribution >= 0.6 is 24.2 Å². The summed E-state index contributed by atoms with van der Waals surface area (Å²) in [5.74, 6) is 0. The van der Waals surface area contributed by atoms with Gasteiger partial charge in [0.1, 0.15) is 0 Å². The van der Waals surface area contributed by atoms with Crippen LogP contribution < -0.4 is 26.3 Å². The summed E-state index contributed by atoms with van der Waals surface area (Å²) in [5.41, 5.74) is 0. The van der Waals surface area contributed by atoms with E-state index < -0.39 is 0 Å². The Bertz CT molecular complexity index is 105. The summed E-state index contributed by atoms with van der Waals surface area (Å²) in [6, 6.07) is 0. The number of hydrogen-bond donors (Lipinski definition) is 1. The van der Waals surface area contributed by atoms with E-state index in [0.29, 0.717) is 29.7 Å². The number of halogens is 1. The predicted octanol–water partition coefficient (Wildman–Crippen LogP) is -2.68. The van der Waals surface area contributed by atoms with Gasteiger partial charge in [0, 0.05) is 0 Å². The molecule has 0 aromatic heterocycles. The van der Waals surface area contributed by atoms with Crippen LogP contribution in [0.2, 0.25) is 0 Å². The van der Waals surface area contributed by atoms with E-state index in [1.807, 2.05) is 0 Å². The molecule has 0 aromatic rings. The van der Waals surface area contributed by atoms with Crippen molar-refractivity contribution >= 4 is 28.5 Å². The predicted molar refractivity (Wildman–Crippen MR) is 34.1 cm³/mol. The molecule has 1 unspecified atom stereocenters. The molecule has 1 fully saturated rings. The molecular formula is C3H5INOS2-. The second-order valence-corrected chi connectivity index (χ2v) is 5.59. The van der Waals surface area contributed by atoms with Gasteiger partial charge in [-0.05, 0) is 0 Å². The molecule has 2 N–H and O–H groups in total. The van der Waals surface area contributed by atoms with Gasteiger partial charge in [0.15, 0.2) is 0 Å². The Balaban J connectivity index is 2.07. The number of hydrogen-bond acceptors (Lipinski definition) is 4. The number of alkyl halides is 2. The third-order valence-corrected chi connectivity index (χ3v) is 3.13. The molecule has 1 aliphatic heterocycles. The zero-order valence-corrected chi connectivity index (χ0v) is 7.76. The van der Waals surface area contributed by atoms with Crippen molar-refractivity contribution in [1.29, 1.82) is 0 Å². The van der Waals surface area contributed by atoms with E-state index in [4.69, 9.17) is 22.1 Å². The summed E-state index contributed by atoms with van der Waals surface area (Å²) in [6.45, 7) is 0. The number of rotatable bonds is 1. The average Bonchev–Trinajstić information content (AvgIpc) is 2.50. The molecule has 1 saturated heterocycles. The molecule has 0 saturated carbocycles. The molecule has 1 rings (SSSR count). The van der Waals surface area contributed by atoms with Crippen LogP contribution in [0, 0.1) is 0 Å². The SMILES string of the molecule is NSC(=S)OC1C[I-]1. The van der Waals surface area contributed by atoms with Gasteiger partial charge in [-0.1, -0.05) is 0 Å². The third-order valence-electron chi connectivity index (χ3n) is 0.601. The minimum absolute atomic E-state index is 0.356. The van der Waals surface area contributed by atoms with Gasteiger partial charge >= 0.3 is 68.2 Å². The van der Waals surface area contributed by atoms with E-state index in [1.54, 1.807) is 0 Å². The molecule has 0 radical (unpaired) electrons. The number of ether oxygens (including phenoxy) is 1. The van der Waals surface area contributed by atoms with E-state index in [-0.39, 0.29) is 0 Å². The Hall–Kier alpha value is 0.930. The van der Waals surface area contributed by atoms with Crippen molar-refractivity contribution in [2.45, 2.75) is 4.11 Å². The first-order chi connectivity index (χ1) is 3.83. The van der Waals surface area contributed by atoms with Gasteiger partial charge < -0.3 is 0 Å². The maximum atomic E-state index is 5.13. The number of nitrogens with two attached hydrogens (primary N) is 1. The Morgan fingerprint density at radius 2 is 2.62 bits per heavy atom. The van der Waals surface area contributed by atoms with Gasteiger partial charge in [-0.15, -0.1) is 0 Å². The summed E-state index contributed by atoms with van der Waals surface area (Å²) >= 11 is 6.08. The minimum atomic E-state index is 0.356. The second-order valence-electron chi connectivity index (χ2n) is 1.20. The standard InChI is InChI=1S/C3H5INOS2/c5-8-3(7)6-2-1-4-2/h2H,1,5H2/q-1. The van der Waals surface area contributed by atoms with Gasteiger partial charge in [0.2, 0.25) is 0 Å².